The van der Waals surface area contributed by atoms with Crippen LogP contribution in [0.15, 0.2) is 24.4 Å². The number of esters is 1. The van der Waals surface area contributed by atoms with E-state index in [4.69, 9.17) is 11.2 Å². The summed E-state index contributed by atoms with van der Waals surface area (Å²) in [6, 6.07) is 5.34. The van der Waals surface area contributed by atoms with Crippen molar-refractivity contribution in [2.75, 3.05) is 13.7 Å². The predicted octanol–water partition coefficient (Wildman–Crippen LogP) is 0.693. The van der Waals surface area contributed by atoms with Gasteiger partial charge in [0.25, 0.3) is 0 Å². The molecule has 0 aliphatic rings. The maximum absolute atomic E-state index is 11.7. The zero-order valence-electron chi connectivity index (χ0n) is 9.36. The summed E-state index contributed by atoms with van der Waals surface area (Å²) in [5.74, 6) is 2.01. The molecule has 0 radical (unpaired) electrons. The van der Waals surface area contributed by atoms with E-state index >= 15 is 0 Å². The third-order valence-electron chi connectivity index (χ3n) is 2.31. The normalized spacial score (nSPS) is 13.6. The molecule has 0 aliphatic carbocycles. The van der Waals surface area contributed by atoms with Crippen LogP contribution in [-0.2, 0) is 15.1 Å². The number of aromatic nitrogens is 1. The van der Waals surface area contributed by atoms with Crippen molar-refractivity contribution in [3.05, 3.63) is 30.1 Å². The largest absolute Gasteiger partial charge is 0.467 e. The molecular weight excluding hydrogens is 204 g/mol. The number of carbonyl (C=O) groups is 1. The van der Waals surface area contributed by atoms with Crippen LogP contribution in [0.2, 0.25) is 0 Å². The summed E-state index contributed by atoms with van der Waals surface area (Å²) in [5, 5.41) is 2.94. The lowest BCUT2D eigenvalue weighted by molar-refractivity contribution is -0.148. The lowest BCUT2D eigenvalue weighted by atomic mass is 9.97. The van der Waals surface area contributed by atoms with Crippen LogP contribution in [0.5, 0.6) is 0 Å². The minimum Gasteiger partial charge on any atom is -0.467 e. The molecule has 1 unspecified atom stereocenters. The minimum absolute atomic E-state index is 0.266. The number of pyridine rings is 1. The lowest BCUT2D eigenvalue weighted by Crippen LogP contribution is -2.48. The number of ether oxygens (including phenoxy) is 1. The van der Waals surface area contributed by atoms with Gasteiger partial charge in [-0.2, -0.15) is 0 Å². The minimum atomic E-state index is -1.01. The van der Waals surface area contributed by atoms with Crippen LogP contribution in [0, 0.1) is 12.3 Å². The Hall–Kier alpha value is -1.86. The molecule has 1 aromatic heterocycles. The molecule has 1 aromatic rings. The highest BCUT2D eigenvalue weighted by atomic mass is 16.5. The summed E-state index contributed by atoms with van der Waals surface area (Å²) in [4.78, 5) is 15.9. The van der Waals surface area contributed by atoms with E-state index in [-0.39, 0.29) is 6.54 Å². The van der Waals surface area contributed by atoms with Crippen LogP contribution in [0.3, 0.4) is 0 Å². The highest BCUT2D eigenvalue weighted by Gasteiger charge is 2.36. The van der Waals surface area contributed by atoms with E-state index in [9.17, 15) is 4.79 Å². The summed E-state index contributed by atoms with van der Waals surface area (Å²) in [6.45, 7) is 1.96. The quantitative estimate of drug-likeness (QED) is 0.597. The molecule has 0 amide bonds. The topological polar surface area (TPSA) is 51.2 Å². The van der Waals surface area contributed by atoms with Crippen molar-refractivity contribution in [1.82, 2.24) is 10.3 Å². The van der Waals surface area contributed by atoms with Crippen molar-refractivity contribution in [3.63, 3.8) is 0 Å². The molecule has 1 rings (SSSR count). The van der Waals surface area contributed by atoms with Gasteiger partial charge in [-0.1, -0.05) is 12.0 Å². The summed E-state index contributed by atoms with van der Waals surface area (Å²) in [7, 11) is 1.33. The number of methoxy groups -OCH3 is 1. The number of hydrogen-bond donors (Lipinski definition) is 1. The van der Waals surface area contributed by atoms with Gasteiger partial charge in [0.15, 0.2) is 5.54 Å². The molecule has 1 N–H and O–H groups in total. The van der Waals surface area contributed by atoms with Crippen LogP contribution in [-0.4, -0.2) is 24.6 Å². The third kappa shape index (κ3) is 2.38. The average Bonchev–Trinajstić information content (AvgIpc) is 2.36. The molecule has 4 nitrogen and oxygen atoms in total. The maximum Gasteiger partial charge on any atom is 0.332 e. The Morgan fingerprint density at radius 2 is 2.44 bits per heavy atom. The summed E-state index contributed by atoms with van der Waals surface area (Å²) in [5.41, 5.74) is -0.431. The zero-order valence-corrected chi connectivity index (χ0v) is 9.36. The Labute approximate surface area is 95.0 Å². The van der Waals surface area contributed by atoms with Gasteiger partial charge in [0.2, 0.25) is 0 Å². The number of carbonyl (C=O) groups excluding carboxylic acids is 1. The standard InChI is InChI=1S/C12H14N2O2/c1-4-8-14-12(2,11(15)16-3)10-7-5-6-9-13-10/h1,5-7,9,14H,8H2,2-3H3. The van der Waals surface area contributed by atoms with Gasteiger partial charge in [-0.3, -0.25) is 10.3 Å². The SMILES string of the molecule is C#CCNC(C)(C(=O)OC)c1ccccn1. The average molecular weight is 218 g/mol. The van der Waals surface area contributed by atoms with E-state index < -0.39 is 11.5 Å². The monoisotopic (exact) mass is 218 g/mol. The van der Waals surface area contributed by atoms with Crippen molar-refractivity contribution in [2.24, 2.45) is 0 Å². The zero-order chi connectivity index (χ0) is 12.0. The molecule has 0 aromatic carbocycles. The molecule has 0 saturated heterocycles. The number of hydrogen-bond acceptors (Lipinski definition) is 4. The molecular formula is C12H14N2O2. The fourth-order valence-electron chi connectivity index (χ4n) is 1.36. The van der Waals surface area contributed by atoms with Gasteiger partial charge in [0.1, 0.15) is 0 Å². The first-order valence-electron chi connectivity index (χ1n) is 4.83. The molecule has 0 bridgehead atoms. The van der Waals surface area contributed by atoms with Crippen LogP contribution in [0.25, 0.3) is 0 Å². The molecule has 0 spiro atoms. The number of terminal acetylenes is 1. The second-order valence-electron chi connectivity index (χ2n) is 3.39. The van der Waals surface area contributed by atoms with Gasteiger partial charge in [-0.15, -0.1) is 6.42 Å². The predicted molar refractivity (Wildman–Crippen MR) is 60.4 cm³/mol. The van der Waals surface area contributed by atoms with Crippen molar-refractivity contribution in [1.29, 1.82) is 0 Å². The highest BCUT2D eigenvalue weighted by Crippen LogP contribution is 2.19. The molecule has 0 aliphatic heterocycles. The highest BCUT2D eigenvalue weighted by molar-refractivity contribution is 5.81. The molecule has 84 valence electrons. The first kappa shape index (κ1) is 12.2. The molecule has 16 heavy (non-hydrogen) atoms. The fraction of sp³-hybridized carbons (Fsp3) is 0.333. The first-order chi connectivity index (χ1) is 7.65. The van der Waals surface area contributed by atoms with Crippen LogP contribution >= 0.6 is 0 Å². The second kappa shape index (κ2) is 5.29. The summed E-state index contributed by atoms with van der Waals surface area (Å²) < 4.78 is 4.76. The van der Waals surface area contributed by atoms with E-state index in [1.807, 2.05) is 0 Å². The smallest absolute Gasteiger partial charge is 0.332 e. The van der Waals surface area contributed by atoms with Gasteiger partial charge >= 0.3 is 5.97 Å². The van der Waals surface area contributed by atoms with E-state index in [2.05, 4.69) is 16.2 Å². The lowest BCUT2D eigenvalue weighted by Gasteiger charge is -2.26. The van der Waals surface area contributed by atoms with Crippen molar-refractivity contribution in [3.8, 4) is 12.3 Å². The maximum atomic E-state index is 11.7. The van der Waals surface area contributed by atoms with Crippen LogP contribution in [0.4, 0.5) is 0 Å². The van der Waals surface area contributed by atoms with Gasteiger partial charge in [0.05, 0.1) is 19.3 Å². The van der Waals surface area contributed by atoms with E-state index in [0.29, 0.717) is 5.69 Å². The molecule has 0 saturated carbocycles. The molecule has 1 heterocycles. The van der Waals surface area contributed by atoms with Crippen molar-refractivity contribution >= 4 is 5.97 Å². The Kier molecular flexibility index (Phi) is 4.03. The molecule has 0 fully saturated rings. The second-order valence-corrected chi connectivity index (χ2v) is 3.39. The van der Waals surface area contributed by atoms with Gasteiger partial charge < -0.3 is 4.74 Å². The summed E-state index contributed by atoms with van der Waals surface area (Å²) >= 11 is 0. The van der Waals surface area contributed by atoms with E-state index in [1.165, 1.54) is 7.11 Å². The van der Waals surface area contributed by atoms with Crippen molar-refractivity contribution in [2.45, 2.75) is 12.5 Å². The summed E-state index contributed by atoms with van der Waals surface area (Å²) in [6.07, 6.45) is 6.79. The van der Waals surface area contributed by atoms with Gasteiger partial charge in [-0.05, 0) is 19.1 Å². The van der Waals surface area contributed by atoms with E-state index in [1.54, 1.807) is 31.3 Å². The third-order valence-corrected chi connectivity index (χ3v) is 2.31. The number of nitrogens with zero attached hydrogens (tertiary/aromatic N) is 1. The Bertz CT molecular complexity index is 397. The first-order valence-corrected chi connectivity index (χ1v) is 4.83. The van der Waals surface area contributed by atoms with E-state index in [0.717, 1.165) is 0 Å². The number of nitrogens with one attached hydrogen (secondary N) is 1. The number of rotatable bonds is 4. The Balaban J connectivity index is 3.05. The van der Waals surface area contributed by atoms with Crippen LogP contribution < -0.4 is 5.32 Å². The molecule has 4 heteroatoms. The molecule has 1 atom stereocenters. The Morgan fingerprint density at radius 1 is 1.69 bits per heavy atom. The Morgan fingerprint density at radius 3 is 2.94 bits per heavy atom. The van der Waals surface area contributed by atoms with Crippen molar-refractivity contribution < 1.29 is 9.53 Å². The van der Waals surface area contributed by atoms with Gasteiger partial charge in [-0.25, -0.2) is 4.79 Å². The fourth-order valence-corrected chi connectivity index (χ4v) is 1.36. The van der Waals surface area contributed by atoms with Crippen LogP contribution in [0.1, 0.15) is 12.6 Å². The van der Waals surface area contributed by atoms with Gasteiger partial charge in [0, 0.05) is 6.20 Å².